The molecule has 0 unspecified atom stereocenters. The van der Waals surface area contributed by atoms with E-state index in [1.165, 1.54) is 38.5 Å². The number of rotatable bonds is 9. The summed E-state index contributed by atoms with van der Waals surface area (Å²) in [7, 11) is 0. The first-order valence-corrected chi connectivity index (χ1v) is 7.37. The Bertz CT molecular complexity index is 255. The molecule has 4 heteroatoms. The molecule has 0 N–H and O–H groups in total. The highest BCUT2D eigenvalue weighted by Crippen LogP contribution is 2.35. The highest BCUT2D eigenvalue weighted by atomic mass is 16.8. The first-order valence-electron chi connectivity index (χ1n) is 7.37. The van der Waals surface area contributed by atoms with Gasteiger partial charge in [-0.05, 0) is 38.5 Å². The first-order chi connectivity index (χ1) is 8.86. The van der Waals surface area contributed by atoms with Gasteiger partial charge in [-0.1, -0.05) is 0 Å². The van der Waals surface area contributed by atoms with Crippen molar-refractivity contribution in [2.45, 2.75) is 69.4 Å². The van der Waals surface area contributed by atoms with Gasteiger partial charge in [0.15, 0.2) is 12.6 Å². The lowest BCUT2D eigenvalue weighted by Gasteiger charge is -2.29. The summed E-state index contributed by atoms with van der Waals surface area (Å²) in [5.41, 5.74) is 0. The average molecular weight is 256 g/mol. The number of hydrogen-bond donors (Lipinski definition) is 0. The maximum Gasteiger partial charge on any atom is 0.171 e. The zero-order valence-corrected chi connectivity index (χ0v) is 11.1. The van der Waals surface area contributed by atoms with Gasteiger partial charge < -0.3 is 18.9 Å². The Morgan fingerprint density at radius 3 is 2.11 bits per heavy atom. The minimum atomic E-state index is -0.387. The van der Waals surface area contributed by atoms with Crippen LogP contribution in [0, 0.1) is 0 Å². The summed E-state index contributed by atoms with van der Waals surface area (Å²) in [6.45, 7) is 1.72. The molecule has 3 aliphatic carbocycles. The molecule has 3 saturated carbocycles. The Hall–Kier alpha value is -0.160. The zero-order valence-electron chi connectivity index (χ0n) is 11.1. The van der Waals surface area contributed by atoms with Crippen molar-refractivity contribution in [1.82, 2.24) is 0 Å². The molecule has 0 bridgehead atoms. The molecule has 3 rings (SSSR count). The van der Waals surface area contributed by atoms with E-state index >= 15 is 0 Å². The Morgan fingerprint density at radius 2 is 1.44 bits per heavy atom. The van der Waals surface area contributed by atoms with Crippen LogP contribution in [0.3, 0.4) is 0 Å². The van der Waals surface area contributed by atoms with E-state index in [1.807, 2.05) is 0 Å². The normalized spacial score (nSPS) is 26.7. The summed E-state index contributed by atoms with van der Waals surface area (Å²) in [5, 5.41) is 0. The Balaban J connectivity index is 1.34. The van der Waals surface area contributed by atoms with Gasteiger partial charge in [-0.15, -0.1) is 0 Å². The molecular formula is C14H24O4. The molecule has 0 aliphatic heterocycles. The van der Waals surface area contributed by atoms with Gasteiger partial charge in [-0.2, -0.15) is 0 Å². The van der Waals surface area contributed by atoms with Crippen LogP contribution in [-0.2, 0) is 18.9 Å². The topological polar surface area (TPSA) is 36.9 Å². The fourth-order valence-corrected chi connectivity index (χ4v) is 2.39. The van der Waals surface area contributed by atoms with E-state index in [0.29, 0.717) is 32.2 Å². The van der Waals surface area contributed by atoms with Gasteiger partial charge in [0.2, 0.25) is 0 Å². The summed E-state index contributed by atoms with van der Waals surface area (Å²) >= 11 is 0. The standard InChI is InChI=1S/C14H24O4/c1-2-8-14(7-1,18-11-16-13-5-6-13)17-10-9-15-12-3-4-12/h12-13H,1-11H2. The van der Waals surface area contributed by atoms with Crippen LogP contribution in [0.5, 0.6) is 0 Å². The molecule has 0 saturated heterocycles. The molecule has 0 aromatic rings. The highest BCUT2D eigenvalue weighted by molar-refractivity contribution is 4.78. The maximum absolute atomic E-state index is 5.94. The molecule has 0 radical (unpaired) electrons. The van der Waals surface area contributed by atoms with Gasteiger partial charge in [0.05, 0.1) is 25.4 Å². The lowest BCUT2D eigenvalue weighted by Crippen LogP contribution is -2.35. The van der Waals surface area contributed by atoms with E-state index in [9.17, 15) is 0 Å². The summed E-state index contributed by atoms with van der Waals surface area (Å²) in [5.74, 6) is -0.387. The second kappa shape index (κ2) is 5.87. The fourth-order valence-electron chi connectivity index (χ4n) is 2.39. The van der Waals surface area contributed by atoms with Crippen LogP contribution in [0.15, 0.2) is 0 Å². The van der Waals surface area contributed by atoms with Crippen molar-refractivity contribution in [1.29, 1.82) is 0 Å². The molecule has 0 spiro atoms. The molecule has 0 atom stereocenters. The van der Waals surface area contributed by atoms with Crippen molar-refractivity contribution in [3.8, 4) is 0 Å². The van der Waals surface area contributed by atoms with E-state index in [-0.39, 0.29) is 5.79 Å². The summed E-state index contributed by atoms with van der Waals surface area (Å²) < 4.78 is 23.0. The molecule has 3 fully saturated rings. The van der Waals surface area contributed by atoms with Gasteiger partial charge in [0.25, 0.3) is 0 Å². The minimum Gasteiger partial charge on any atom is -0.376 e. The predicted octanol–water partition coefficient (Wildman–Crippen LogP) is 2.61. The van der Waals surface area contributed by atoms with E-state index in [1.54, 1.807) is 0 Å². The van der Waals surface area contributed by atoms with Crippen molar-refractivity contribution in [2.75, 3.05) is 20.0 Å². The van der Waals surface area contributed by atoms with Crippen molar-refractivity contribution in [3.05, 3.63) is 0 Å². The minimum absolute atomic E-state index is 0.383. The molecule has 0 aromatic heterocycles. The molecule has 0 aromatic carbocycles. The summed E-state index contributed by atoms with van der Waals surface area (Å²) in [4.78, 5) is 0. The number of ether oxygens (including phenoxy) is 4. The zero-order chi connectivity index (χ0) is 12.3. The lowest BCUT2D eigenvalue weighted by molar-refractivity contribution is -0.273. The van der Waals surface area contributed by atoms with E-state index in [4.69, 9.17) is 18.9 Å². The van der Waals surface area contributed by atoms with Crippen LogP contribution in [-0.4, -0.2) is 38.0 Å². The maximum atomic E-state index is 5.94. The fraction of sp³-hybridized carbons (Fsp3) is 1.00. The molecular weight excluding hydrogens is 232 g/mol. The third kappa shape index (κ3) is 3.92. The Morgan fingerprint density at radius 1 is 0.778 bits per heavy atom. The van der Waals surface area contributed by atoms with Gasteiger partial charge >= 0.3 is 0 Å². The van der Waals surface area contributed by atoms with Gasteiger partial charge in [0.1, 0.15) is 0 Å². The first kappa shape index (κ1) is 12.9. The summed E-state index contributed by atoms with van der Waals surface area (Å²) in [6, 6.07) is 0. The number of hydrogen-bond acceptors (Lipinski definition) is 4. The molecule has 0 amide bonds. The van der Waals surface area contributed by atoms with E-state index < -0.39 is 0 Å². The predicted molar refractivity (Wildman–Crippen MR) is 66.2 cm³/mol. The Kier molecular flexibility index (Phi) is 4.19. The highest BCUT2D eigenvalue weighted by Gasteiger charge is 2.36. The second-order valence-electron chi connectivity index (χ2n) is 5.66. The van der Waals surface area contributed by atoms with Gasteiger partial charge in [-0.25, -0.2) is 0 Å². The molecule has 3 aliphatic rings. The lowest BCUT2D eigenvalue weighted by atomic mass is 10.2. The van der Waals surface area contributed by atoms with Crippen molar-refractivity contribution in [3.63, 3.8) is 0 Å². The SMILES string of the molecule is C1CCC(OCCOC2CC2)(OCOC2CC2)C1. The molecule has 104 valence electrons. The van der Waals surface area contributed by atoms with E-state index in [2.05, 4.69) is 0 Å². The monoisotopic (exact) mass is 256 g/mol. The van der Waals surface area contributed by atoms with Gasteiger partial charge in [0, 0.05) is 12.8 Å². The Labute approximate surface area is 109 Å². The van der Waals surface area contributed by atoms with Crippen LogP contribution in [0.1, 0.15) is 51.4 Å². The average Bonchev–Trinajstić information content (AvgIpc) is 3.28. The van der Waals surface area contributed by atoms with Crippen LogP contribution in [0.4, 0.5) is 0 Å². The van der Waals surface area contributed by atoms with Gasteiger partial charge in [-0.3, -0.25) is 0 Å². The van der Waals surface area contributed by atoms with Crippen LogP contribution in [0.25, 0.3) is 0 Å². The molecule has 4 nitrogen and oxygen atoms in total. The molecule has 0 heterocycles. The quantitative estimate of drug-likeness (QED) is 0.469. The van der Waals surface area contributed by atoms with Crippen molar-refractivity contribution >= 4 is 0 Å². The van der Waals surface area contributed by atoms with Crippen molar-refractivity contribution < 1.29 is 18.9 Å². The van der Waals surface area contributed by atoms with Crippen LogP contribution < -0.4 is 0 Å². The third-order valence-corrected chi connectivity index (χ3v) is 3.84. The van der Waals surface area contributed by atoms with Crippen LogP contribution >= 0.6 is 0 Å². The van der Waals surface area contributed by atoms with Crippen molar-refractivity contribution in [2.24, 2.45) is 0 Å². The summed E-state index contributed by atoms with van der Waals surface area (Å²) in [6.07, 6.45) is 10.1. The third-order valence-electron chi connectivity index (χ3n) is 3.84. The second-order valence-corrected chi connectivity index (χ2v) is 5.66. The largest absolute Gasteiger partial charge is 0.376 e. The van der Waals surface area contributed by atoms with E-state index in [0.717, 1.165) is 12.8 Å². The smallest absolute Gasteiger partial charge is 0.171 e. The van der Waals surface area contributed by atoms with Crippen LogP contribution in [0.2, 0.25) is 0 Å². The molecule has 18 heavy (non-hydrogen) atoms.